The Morgan fingerprint density at radius 1 is 1.08 bits per heavy atom. The lowest BCUT2D eigenvalue weighted by molar-refractivity contribution is -0.138. The summed E-state index contributed by atoms with van der Waals surface area (Å²) in [6.45, 7) is 0.131. The lowest BCUT2D eigenvalue weighted by Gasteiger charge is -2.28. The summed E-state index contributed by atoms with van der Waals surface area (Å²) in [4.78, 5) is 39.1. The van der Waals surface area contributed by atoms with Gasteiger partial charge in [-0.3, -0.25) is 19.3 Å². The summed E-state index contributed by atoms with van der Waals surface area (Å²) >= 11 is 6.02. The summed E-state index contributed by atoms with van der Waals surface area (Å²) in [7, 11) is 1.65. The van der Waals surface area contributed by atoms with E-state index < -0.39 is 11.4 Å². The molecule has 1 unspecified atom stereocenters. The summed E-state index contributed by atoms with van der Waals surface area (Å²) in [6, 6.07) is 13.6. The second-order valence-electron chi connectivity index (χ2n) is 6.50. The van der Waals surface area contributed by atoms with Gasteiger partial charge >= 0.3 is 5.97 Å². The number of halogens is 1. The van der Waals surface area contributed by atoms with Gasteiger partial charge in [0.05, 0.1) is 6.54 Å². The van der Waals surface area contributed by atoms with E-state index >= 15 is 0 Å². The van der Waals surface area contributed by atoms with Crippen molar-refractivity contribution in [2.75, 3.05) is 20.1 Å². The number of fused-ring (bicyclic) bond motifs is 1. The number of carbonyl (C=O) groups excluding carboxylic acids is 2. The molecule has 0 amide bonds. The Morgan fingerprint density at radius 3 is 2.38 bits per heavy atom. The first-order valence-electron chi connectivity index (χ1n) is 8.21. The van der Waals surface area contributed by atoms with Gasteiger partial charge in [0, 0.05) is 22.7 Å². The van der Waals surface area contributed by atoms with E-state index in [2.05, 4.69) is 0 Å². The molecule has 2 aromatic rings. The number of carboxylic acid groups (broad SMARTS) is 1. The van der Waals surface area contributed by atoms with Gasteiger partial charge in [-0.05, 0) is 37.2 Å². The van der Waals surface area contributed by atoms with Crippen LogP contribution in [0.15, 0.2) is 48.5 Å². The molecule has 0 spiro atoms. The third-order valence-corrected chi connectivity index (χ3v) is 5.02. The van der Waals surface area contributed by atoms with Gasteiger partial charge in [0.2, 0.25) is 0 Å². The zero-order valence-corrected chi connectivity index (χ0v) is 15.0. The summed E-state index contributed by atoms with van der Waals surface area (Å²) < 4.78 is 0. The normalized spacial score (nSPS) is 19.0. The molecule has 0 bridgehead atoms. The van der Waals surface area contributed by atoms with Gasteiger partial charge < -0.3 is 5.11 Å². The van der Waals surface area contributed by atoms with E-state index in [0.717, 1.165) is 0 Å². The van der Waals surface area contributed by atoms with Crippen LogP contribution >= 0.6 is 11.6 Å². The molecule has 0 radical (unpaired) electrons. The molecule has 26 heavy (non-hydrogen) atoms. The molecule has 2 aromatic carbocycles. The van der Waals surface area contributed by atoms with Crippen molar-refractivity contribution in [3.05, 3.63) is 70.2 Å². The molecule has 0 saturated carbocycles. The van der Waals surface area contributed by atoms with Crippen molar-refractivity contribution >= 4 is 29.1 Å². The van der Waals surface area contributed by atoms with Gasteiger partial charge in [-0.2, -0.15) is 0 Å². The average molecular weight is 372 g/mol. The van der Waals surface area contributed by atoms with Crippen LogP contribution in [-0.4, -0.2) is 47.7 Å². The van der Waals surface area contributed by atoms with Crippen LogP contribution in [0.5, 0.6) is 0 Å². The number of hydrogen-bond acceptors (Lipinski definition) is 4. The maximum atomic E-state index is 13.3. The standard InChI is InChI=1S/C20H18ClNO4/c1-22(12-17(23)24)10-9-20(13-5-3-2-4-6-13)18(25)15-8-7-14(21)11-16(15)19(20)26/h2-8,11H,9-10,12H2,1H3,(H,23,24). The Morgan fingerprint density at radius 2 is 1.73 bits per heavy atom. The molecule has 0 fully saturated rings. The average Bonchev–Trinajstić information content (AvgIpc) is 2.82. The fourth-order valence-electron chi connectivity index (χ4n) is 3.49. The number of carboxylic acids is 1. The number of rotatable bonds is 6. The molecule has 5 nitrogen and oxygen atoms in total. The monoisotopic (exact) mass is 371 g/mol. The highest BCUT2D eigenvalue weighted by molar-refractivity contribution is 6.36. The van der Waals surface area contributed by atoms with Gasteiger partial charge in [-0.1, -0.05) is 41.9 Å². The zero-order valence-electron chi connectivity index (χ0n) is 14.2. The van der Waals surface area contributed by atoms with E-state index in [1.54, 1.807) is 48.3 Å². The van der Waals surface area contributed by atoms with Crippen molar-refractivity contribution in [3.63, 3.8) is 0 Å². The Labute approximate surface area is 156 Å². The molecule has 134 valence electrons. The van der Waals surface area contributed by atoms with Crippen LogP contribution in [0, 0.1) is 0 Å². The van der Waals surface area contributed by atoms with Crippen LogP contribution in [0.2, 0.25) is 5.02 Å². The maximum absolute atomic E-state index is 13.3. The smallest absolute Gasteiger partial charge is 0.317 e. The van der Waals surface area contributed by atoms with Gasteiger partial charge in [-0.25, -0.2) is 0 Å². The molecule has 1 atom stereocenters. The van der Waals surface area contributed by atoms with E-state index in [9.17, 15) is 14.4 Å². The Hall–Kier alpha value is -2.50. The lowest BCUT2D eigenvalue weighted by Crippen LogP contribution is -2.42. The van der Waals surface area contributed by atoms with Gasteiger partial charge in [-0.15, -0.1) is 0 Å². The van der Waals surface area contributed by atoms with Crippen molar-refractivity contribution in [2.45, 2.75) is 11.8 Å². The molecular formula is C20H18ClNO4. The van der Waals surface area contributed by atoms with Crippen molar-refractivity contribution in [1.29, 1.82) is 0 Å². The maximum Gasteiger partial charge on any atom is 0.317 e. The second kappa shape index (κ2) is 7.02. The van der Waals surface area contributed by atoms with E-state index in [0.29, 0.717) is 28.3 Å². The fraction of sp³-hybridized carbons (Fsp3) is 0.250. The SMILES string of the molecule is CN(CCC1(c2ccccc2)C(=O)c2ccc(Cl)cc2C1=O)CC(=O)O. The van der Waals surface area contributed by atoms with Gasteiger partial charge in [0.25, 0.3) is 0 Å². The van der Waals surface area contributed by atoms with Crippen molar-refractivity contribution in [2.24, 2.45) is 0 Å². The molecule has 0 aliphatic heterocycles. The zero-order chi connectivity index (χ0) is 18.9. The van der Waals surface area contributed by atoms with E-state index in [1.807, 2.05) is 6.07 Å². The van der Waals surface area contributed by atoms with Crippen LogP contribution in [0.1, 0.15) is 32.7 Å². The van der Waals surface area contributed by atoms with Crippen molar-refractivity contribution < 1.29 is 19.5 Å². The Bertz CT molecular complexity index is 881. The number of Topliss-reactive ketones (excluding diaryl/α,β-unsaturated/α-hetero) is 2. The minimum absolute atomic E-state index is 0.161. The number of nitrogens with zero attached hydrogens (tertiary/aromatic N) is 1. The quantitative estimate of drug-likeness (QED) is 0.790. The van der Waals surface area contributed by atoms with Crippen LogP contribution in [0.4, 0.5) is 0 Å². The number of benzene rings is 2. The Kier molecular flexibility index (Phi) is 4.94. The minimum Gasteiger partial charge on any atom is -0.480 e. The predicted molar refractivity (Wildman–Crippen MR) is 98.0 cm³/mol. The number of aliphatic carboxylic acids is 1. The lowest BCUT2D eigenvalue weighted by atomic mass is 9.73. The third kappa shape index (κ3) is 3.04. The summed E-state index contributed by atoms with van der Waals surface area (Å²) in [6.07, 6.45) is 0.199. The number of ketones is 2. The molecule has 0 aromatic heterocycles. The van der Waals surface area contributed by atoms with E-state index in [4.69, 9.17) is 16.7 Å². The molecule has 6 heteroatoms. The van der Waals surface area contributed by atoms with E-state index in [1.165, 1.54) is 6.07 Å². The van der Waals surface area contributed by atoms with Crippen LogP contribution in [-0.2, 0) is 10.2 Å². The van der Waals surface area contributed by atoms with Crippen molar-refractivity contribution in [3.8, 4) is 0 Å². The first-order valence-corrected chi connectivity index (χ1v) is 8.59. The minimum atomic E-state index is -1.35. The molecule has 0 heterocycles. The summed E-state index contributed by atoms with van der Waals surface area (Å²) in [5.41, 5.74) is -0.0384. The first-order chi connectivity index (χ1) is 12.4. The number of hydrogen-bond donors (Lipinski definition) is 1. The molecule has 1 N–H and O–H groups in total. The fourth-order valence-corrected chi connectivity index (χ4v) is 3.66. The second-order valence-corrected chi connectivity index (χ2v) is 6.94. The van der Waals surface area contributed by atoms with E-state index in [-0.39, 0.29) is 24.5 Å². The largest absolute Gasteiger partial charge is 0.480 e. The third-order valence-electron chi connectivity index (χ3n) is 4.79. The van der Waals surface area contributed by atoms with Gasteiger partial charge in [0.1, 0.15) is 5.41 Å². The molecule has 3 rings (SSSR count). The highest BCUT2D eigenvalue weighted by Gasteiger charge is 2.53. The first kappa shape index (κ1) is 18.3. The van der Waals surface area contributed by atoms with Crippen LogP contribution in [0.25, 0.3) is 0 Å². The topological polar surface area (TPSA) is 74.7 Å². The number of likely N-dealkylation sites (N-methyl/N-ethyl adjacent to an activating group) is 1. The molecule has 0 saturated heterocycles. The highest BCUT2D eigenvalue weighted by atomic mass is 35.5. The number of carbonyl (C=O) groups is 3. The Balaban J connectivity index is 2.05. The summed E-state index contributed by atoms with van der Waals surface area (Å²) in [5, 5.41) is 9.34. The van der Waals surface area contributed by atoms with Crippen LogP contribution < -0.4 is 0 Å². The van der Waals surface area contributed by atoms with Gasteiger partial charge in [0.15, 0.2) is 11.6 Å². The van der Waals surface area contributed by atoms with Crippen LogP contribution in [0.3, 0.4) is 0 Å². The summed E-state index contributed by atoms with van der Waals surface area (Å²) in [5.74, 6) is -1.50. The van der Waals surface area contributed by atoms with Crippen molar-refractivity contribution in [1.82, 2.24) is 4.90 Å². The molecule has 1 aliphatic carbocycles. The molecule has 1 aliphatic rings. The highest BCUT2D eigenvalue weighted by Crippen LogP contribution is 2.43. The molecular weight excluding hydrogens is 354 g/mol. The predicted octanol–water partition coefficient (Wildman–Crippen LogP) is 3.06.